The van der Waals surface area contributed by atoms with Crippen LogP contribution in [0.2, 0.25) is 0 Å². The lowest BCUT2D eigenvalue weighted by molar-refractivity contribution is 0.397. The molecule has 0 bridgehead atoms. The fourth-order valence-corrected chi connectivity index (χ4v) is 3.45. The van der Waals surface area contributed by atoms with Gasteiger partial charge in [-0.05, 0) is 44.7 Å². The Morgan fingerprint density at radius 1 is 1.07 bits per heavy atom. The van der Waals surface area contributed by atoms with Crippen LogP contribution in [0.15, 0.2) is 52.3 Å². The number of hydrogen-bond donors (Lipinski definition) is 0. The van der Waals surface area contributed by atoms with Crippen LogP contribution in [0.1, 0.15) is 29.9 Å². The molecule has 8 heteroatoms. The third kappa shape index (κ3) is 3.68. The summed E-state index contributed by atoms with van der Waals surface area (Å²) in [5.74, 6) is 1.40. The van der Waals surface area contributed by atoms with Crippen molar-refractivity contribution in [3.8, 4) is 22.4 Å². The summed E-state index contributed by atoms with van der Waals surface area (Å²) in [5, 5.41) is 13.0. The van der Waals surface area contributed by atoms with Crippen molar-refractivity contribution in [3.63, 3.8) is 0 Å². The Balaban J connectivity index is 1.41. The van der Waals surface area contributed by atoms with Crippen LogP contribution in [0, 0.1) is 19.8 Å². The van der Waals surface area contributed by atoms with E-state index in [9.17, 15) is 4.79 Å². The second-order valence-electron chi connectivity index (χ2n) is 7.89. The van der Waals surface area contributed by atoms with E-state index in [1.165, 1.54) is 17.5 Å². The zero-order valence-corrected chi connectivity index (χ0v) is 16.9. The summed E-state index contributed by atoms with van der Waals surface area (Å²) in [6, 6.07) is 5.47. The van der Waals surface area contributed by atoms with Gasteiger partial charge in [0.25, 0.3) is 5.56 Å². The minimum atomic E-state index is -0.184. The van der Waals surface area contributed by atoms with Gasteiger partial charge >= 0.3 is 0 Å². The van der Waals surface area contributed by atoms with Crippen LogP contribution in [0.4, 0.5) is 0 Å². The van der Waals surface area contributed by atoms with Crippen molar-refractivity contribution in [2.45, 2.75) is 39.8 Å². The summed E-state index contributed by atoms with van der Waals surface area (Å²) in [6.45, 7) is 4.98. The molecular weight excluding hydrogens is 380 g/mol. The molecule has 1 aliphatic carbocycles. The number of aryl methyl sites for hydroxylation is 2. The van der Waals surface area contributed by atoms with Gasteiger partial charge in [0.2, 0.25) is 0 Å². The van der Waals surface area contributed by atoms with Crippen LogP contribution in [0.3, 0.4) is 0 Å². The molecule has 30 heavy (non-hydrogen) atoms. The monoisotopic (exact) mass is 402 g/mol. The van der Waals surface area contributed by atoms with Gasteiger partial charge in [-0.1, -0.05) is 5.16 Å². The van der Waals surface area contributed by atoms with Gasteiger partial charge in [-0.25, -0.2) is 4.68 Å². The smallest absolute Gasteiger partial charge is 0.267 e. The normalized spacial score (nSPS) is 13.7. The predicted octanol–water partition coefficient (Wildman–Crippen LogP) is 3.23. The largest absolute Gasteiger partial charge is 0.361 e. The van der Waals surface area contributed by atoms with Crippen molar-refractivity contribution in [3.05, 3.63) is 70.4 Å². The topological polar surface area (TPSA) is 91.6 Å². The fourth-order valence-electron chi connectivity index (χ4n) is 3.45. The lowest BCUT2D eigenvalue weighted by Gasteiger charge is -2.06. The van der Waals surface area contributed by atoms with Crippen molar-refractivity contribution in [2.75, 3.05) is 0 Å². The average Bonchev–Trinajstić information content (AvgIpc) is 3.30. The maximum atomic E-state index is 12.7. The standard InChI is InChI=1S/C22H22N6O2/c1-14-3-6-17(8-23-14)22-20(15(2)30-26-22)13-28-21(29)7-18(9-25-28)19-10-24-27(12-19)11-16-4-5-16/h3,6-10,12,16H,4-5,11,13H2,1-2H3. The lowest BCUT2D eigenvalue weighted by Crippen LogP contribution is -2.23. The van der Waals surface area contributed by atoms with Gasteiger partial charge in [-0.3, -0.25) is 14.5 Å². The predicted molar refractivity (Wildman–Crippen MR) is 111 cm³/mol. The summed E-state index contributed by atoms with van der Waals surface area (Å²) in [4.78, 5) is 17.1. The highest BCUT2D eigenvalue weighted by Crippen LogP contribution is 2.31. The second-order valence-corrected chi connectivity index (χ2v) is 7.89. The van der Waals surface area contributed by atoms with Crippen LogP contribution in [-0.4, -0.2) is 29.7 Å². The van der Waals surface area contributed by atoms with Crippen molar-refractivity contribution < 1.29 is 4.52 Å². The summed E-state index contributed by atoms with van der Waals surface area (Å²) in [5.41, 5.74) is 4.76. The SMILES string of the molecule is Cc1ccc(-c2noc(C)c2Cn2ncc(-c3cnn(CC4CC4)c3)cc2=O)cn1. The number of aromatic nitrogens is 6. The van der Waals surface area contributed by atoms with Gasteiger partial charge in [0.1, 0.15) is 11.5 Å². The maximum Gasteiger partial charge on any atom is 0.267 e. The van der Waals surface area contributed by atoms with E-state index in [4.69, 9.17) is 4.52 Å². The first-order chi connectivity index (χ1) is 14.6. The molecule has 152 valence electrons. The van der Waals surface area contributed by atoms with Crippen LogP contribution < -0.4 is 5.56 Å². The minimum Gasteiger partial charge on any atom is -0.361 e. The summed E-state index contributed by atoms with van der Waals surface area (Å²) in [6.07, 6.45) is 9.78. The van der Waals surface area contributed by atoms with Crippen LogP contribution >= 0.6 is 0 Å². The van der Waals surface area contributed by atoms with Gasteiger partial charge in [0.15, 0.2) is 0 Å². The number of pyridine rings is 1. The molecule has 0 radical (unpaired) electrons. The third-order valence-corrected chi connectivity index (χ3v) is 5.46. The molecule has 4 aromatic rings. The zero-order valence-electron chi connectivity index (χ0n) is 16.9. The first-order valence-electron chi connectivity index (χ1n) is 10.0. The molecule has 5 rings (SSSR count). The summed E-state index contributed by atoms with van der Waals surface area (Å²) >= 11 is 0. The first-order valence-corrected chi connectivity index (χ1v) is 10.0. The highest BCUT2D eigenvalue weighted by atomic mass is 16.5. The van der Waals surface area contributed by atoms with Gasteiger partial charge in [-0.2, -0.15) is 10.2 Å². The summed E-state index contributed by atoms with van der Waals surface area (Å²) < 4.78 is 8.76. The van der Waals surface area contributed by atoms with E-state index < -0.39 is 0 Å². The average molecular weight is 402 g/mol. The van der Waals surface area contributed by atoms with E-state index in [0.717, 1.165) is 40.4 Å². The second kappa shape index (κ2) is 7.37. The van der Waals surface area contributed by atoms with E-state index in [1.807, 2.05) is 36.9 Å². The molecule has 0 aliphatic heterocycles. The molecule has 0 atom stereocenters. The summed E-state index contributed by atoms with van der Waals surface area (Å²) in [7, 11) is 0. The molecule has 0 unspecified atom stereocenters. The van der Waals surface area contributed by atoms with E-state index in [-0.39, 0.29) is 12.1 Å². The van der Waals surface area contributed by atoms with E-state index in [1.54, 1.807) is 24.7 Å². The Morgan fingerprint density at radius 2 is 1.90 bits per heavy atom. The molecule has 0 N–H and O–H groups in total. The molecular formula is C22H22N6O2. The Labute approximate surface area is 173 Å². The molecule has 0 saturated heterocycles. The van der Waals surface area contributed by atoms with E-state index >= 15 is 0 Å². The molecule has 1 aliphatic rings. The van der Waals surface area contributed by atoms with Crippen molar-refractivity contribution >= 4 is 0 Å². The fraction of sp³-hybridized carbons (Fsp3) is 0.318. The van der Waals surface area contributed by atoms with Crippen LogP contribution in [0.5, 0.6) is 0 Å². The van der Waals surface area contributed by atoms with E-state index in [2.05, 4.69) is 20.3 Å². The van der Waals surface area contributed by atoms with Gasteiger partial charge in [0.05, 0.1) is 18.9 Å². The quantitative estimate of drug-likeness (QED) is 0.492. The first kappa shape index (κ1) is 18.5. The number of hydrogen-bond acceptors (Lipinski definition) is 6. The minimum absolute atomic E-state index is 0.184. The molecule has 0 spiro atoms. The van der Waals surface area contributed by atoms with E-state index in [0.29, 0.717) is 11.5 Å². The van der Waals surface area contributed by atoms with Crippen molar-refractivity contribution in [2.24, 2.45) is 5.92 Å². The van der Waals surface area contributed by atoms with Crippen LogP contribution in [-0.2, 0) is 13.1 Å². The Hall–Kier alpha value is -3.55. The maximum absolute atomic E-state index is 12.7. The molecule has 0 aromatic carbocycles. The van der Waals surface area contributed by atoms with Gasteiger partial charge in [0, 0.05) is 53.0 Å². The Kier molecular flexibility index (Phi) is 4.54. The zero-order chi connectivity index (χ0) is 20.7. The Bertz CT molecular complexity index is 1250. The highest BCUT2D eigenvalue weighted by molar-refractivity contribution is 5.63. The lowest BCUT2D eigenvalue weighted by atomic mass is 10.1. The van der Waals surface area contributed by atoms with Crippen molar-refractivity contribution in [1.29, 1.82) is 0 Å². The third-order valence-electron chi connectivity index (χ3n) is 5.46. The molecule has 4 aromatic heterocycles. The molecule has 1 fully saturated rings. The highest BCUT2D eigenvalue weighted by Gasteiger charge is 2.22. The van der Waals surface area contributed by atoms with Gasteiger partial charge in [-0.15, -0.1) is 0 Å². The Morgan fingerprint density at radius 3 is 2.63 bits per heavy atom. The van der Waals surface area contributed by atoms with Crippen molar-refractivity contribution in [1.82, 2.24) is 29.7 Å². The molecule has 1 saturated carbocycles. The molecule has 0 amide bonds. The van der Waals surface area contributed by atoms with Crippen LogP contribution in [0.25, 0.3) is 22.4 Å². The molecule has 4 heterocycles. The molecule has 8 nitrogen and oxygen atoms in total. The van der Waals surface area contributed by atoms with Gasteiger partial charge < -0.3 is 4.52 Å². The number of rotatable bonds is 6. The number of nitrogens with zero attached hydrogens (tertiary/aromatic N) is 6.